The van der Waals surface area contributed by atoms with Crippen molar-refractivity contribution in [2.75, 3.05) is 12.4 Å². The van der Waals surface area contributed by atoms with Crippen molar-refractivity contribution in [3.05, 3.63) is 54.1 Å². The smallest absolute Gasteiger partial charge is 0.191 e. The number of methoxy groups -OCH3 is 1. The molecule has 6 heteroatoms. The topological polar surface area (TPSA) is 65.9 Å². The minimum atomic E-state index is 0.0347. The highest BCUT2D eigenvalue weighted by Gasteiger charge is 2.04. The van der Waals surface area contributed by atoms with Crippen LogP contribution in [-0.4, -0.2) is 23.5 Å². The third-order valence-electron chi connectivity index (χ3n) is 2.65. The van der Waals surface area contributed by atoms with Crippen molar-refractivity contribution < 1.29 is 9.84 Å². The molecule has 0 atom stereocenters. The first-order valence-electron chi connectivity index (χ1n) is 6.22. The summed E-state index contributed by atoms with van der Waals surface area (Å²) >= 11 is 5.11. The Balaban J connectivity index is 1.95. The normalized spacial score (nSPS) is 10.3. The lowest BCUT2D eigenvalue weighted by Gasteiger charge is -2.07. The lowest BCUT2D eigenvalue weighted by molar-refractivity contribution is 0.373. The van der Waals surface area contributed by atoms with Gasteiger partial charge in [0.1, 0.15) is 0 Å². The van der Waals surface area contributed by atoms with Gasteiger partial charge in [0, 0.05) is 11.3 Å². The first-order valence-corrected chi connectivity index (χ1v) is 6.62. The van der Waals surface area contributed by atoms with E-state index in [2.05, 4.69) is 15.8 Å². The number of anilines is 1. The fourth-order valence-electron chi connectivity index (χ4n) is 1.65. The summed E-state index contributed by atoms with van der Waals surface area (Å²) in [4.78, 5) is 0. The molecule has 0 fully saturated rings. The number of ether oxygens (including phenoxy) is 1. The minimum Gasteiger partial charge on any atom is -0.504 e. The quantitative estimate of drug-likeness (QED) is 0.460. The van der Waals surface area contributed by atoms with Gasteiger partial charge in [0.25, 0.3) is 0 Å². The summed E-state index contributed by atoms with van der Waals surface area (Å²) in [5.41, 5.74) is 4.08. The highest BCUT2D eigenvalue weighted by molar-refractivity contribution is 7.80. The maximum Gasteiger partial charge on any atom is 0.191 e. The minimum absolute atomic E-state index is 0.0347. The Morgan fingerprint density at radius 3 is 2.67 bits per heavy atom. The van der Waals surface area contributed by atoms with E-state index < -0.39 is 0 Å². The molecule has 21 heavy (non-hydrogen) atoms. The molecule has 0 aliphatic heterocycles. The van der Waals surface area contributed by atoms with E-state index in [1.807, 2.05) is 30.3 Å². The van der Waals surface area contributed by atoms with Gasteiger partial charge in [-0.1, -0.05) is 24.3 Å². The Hall–Kier alpha value is -2.60. The van der Waals surface area contributed by atoms with Crippen LogP contribution in [0.15, 0.2) is 53.6 Å². The second-order valence-corrected chi connectivity index (χ2v) is 4.50. The van der Waals surface area contributed by atoms with E-state index in [0.29, 0.717) is 16.4 Å². The van der Waals surface area contributed by atoms with Gasteiger partial charge in [-0.25, -0.2) is 0 Å². The number of benzene rings is 2. The lowest BCUT2D eigenvalue weighted by atomic mass is 10.2. The number of hydrogen-bond acceptors (Lipinski definition) is 4. The number of aromatic hydroxyl groups is 1. The Morgan fingerprint density at radius 2 is 1.95 bits per heavy atom. The number of nitrogens with zero attached hydrogens (tertiary/aromatic N) is 1. The fraction of sp³-hybridized carbons (Fsp3) is 0.0667. The zero-order chi connectivity index (χ0) is 15.1. The molecule has 0 heterocycles. The maximum absolute atomic E-state index is 9.90. The van der Waals surface area contributed by atoms with E-state index in [4.69, 9.17) is 17.0 Å². The van der Waals surface area contributed by atoms with Gasteiger partial charge in [0.15, 0.2) is 16.6 Å². The fourth-order valence-corrected chi connectivity index (χ4v) is 1.82. The first-order chi connectivity index (χ1) is 10.2. The summed E-state index contributed by atoms with van der Waals surface area (Å²) in [5, 5.41) is 17.2. The van der Waals surface area contributed by atoms with Crippen molar-refractivity contribution >= 4 is 29.2 Å². The van der Waals surface area contributed by atoms with Gasteiger partial charge < -0.3 is 15.2 Å². The second-order valence-electron chi connectivity index (χ2n) is 4.09. The summed E-state index contributed by atoms with van der Waals surface area (Å²) < 4.78 is 5.02. The number of hydrogen-bond donors (Lipinski definition) is 3. The Bertz CT molecular complexity index is 645. The third-order valence-corrected chi connectivity index (χ3v) is 2.84. The molecule has 0 spiro atoms. The van der Waals surface area contributed by atoms with Crippen LogP contribution >= 0.6 is 12.2 Å². The molecule has 0 radical (unpaired) electrons. The van der Waals surface area contributed by atoms with E-state index in [1.54, 1.807) is 18.2 Å². The molecule has 0 amide bonds. The predicted octanol–water partition coefficient (Wildman–Crippen LogP) is 2.72. The molecule has 2 rings (SSSR count). The van der Waals surface area contributed by atoms with E-state index in [9.17, 15) is 5.11 Å². The van der Waals surface area contributed by atoms with E-state index in [-0.39, 0.29) is 5.75 Å². The number of para-hydroxylation sites is 2. The van der Waals surface area contributed by atoms with Crippen LogP contribution in [0.3, 0.4) is 0 Å². The highest BCUT2D eigenvalue weighted by atomic mass is 32.1. The van der Waals surface area contributed by atoms with Crippen LogP contribution in [0.2, 0.25) is 0 Å². The standard InChI is InChI=1S/C15H15N3O2S/c1-20-13-9-5-6-11(14(13)19)10-16-18-15(21)17-12-7-3-2-4-8-12/h2-10,19H,1H3,(H2,17,18,21)/b16-10+. The van der Waals surface area contributed by atoms with Crippen molar-refractivity contribution in [3.63, 3.8) is 0 Å². The van der Waals surface area contributed by atoms with Crippen LogP contribution in [0.5, 0.6) is 11.5 Å². The molecular weight excluding hydrogens is 286 g/mol. The van der Waals surface area contributed by atoms with Crippen molar-refractivity contribution in [2.24, 2.45) is 5.10 Å². The molecule has 0 unspecified atom stereocenters. The lowest BCUT2D eigenvalue weighted by Crippen LogP contribution is -2.23. The molecule has 3 N–H and O–H groups in total. The first kappa shape index (κ1) is 14.8. The molecule has 2 aromatic rings. The van der Waals surface area contributed by atoms with Gasteiger partial charge >= 0.3 is 0 Å². The third kappa shape index (κ3) is 4.19. The highest BCUT2D eigenvalue weighted by Crippen LogP contribution is 2.27. The molecule has 5 nitrogen and oxygen atoms in total. The monoisotopic (exact) mass is 301 g/mol. The van der Waals surface area contributed by atoms with Crippen LogP contribution < -0.4 is 15.5 Å². The van der Waals surface area contributed by atoms with E-state index in [1.165, 1.54) is 13.3 Å². The maximum atomic E-state index is 9.90. The number of thiocarbonyl (C=S) groups is 1. The number of nitrogens with one attached hydrogen (secondary N) is 2. The van der Waals surface area contributed by atoms with Crippen molar-refractivity contribution in [3.8, 4) is 11.5 Å². The zero-order valence-electron chi connectivity index (χ0n) is 11.4. The largest absolute Gasteiger partial charge is 0.504 e. The number of hydrazone groups is 1. The van der Waals surface area contributed by atoms with E-state index >= 15 is 0 Å². The Kier molecular flexibility index (Phi) is 5.11. The Labute approximate surface area is 128 Å². The van der Waals surface area contributed by atoms with Gasteiger partial charge in [-0.2, -0.15) is 5.10 Å². The van der Waals surface area contributed by atoms with Crippen LogP contribution in [0, 0.1) is 0 Å². The molecular formula is C15H15N3O2S. The SMILES string of the molecule is COc1cccc(/C=N/NC(=S)Nc2ccccc2)c1O. The molecule has 0 aliphatic rings. The molecule has 0 aliphatic carbocycles. The Morgan fingerprint density at radius 1 is 1.19 bits per heavy atom. The van der Waals surface area contributed by atoms with Crippen LogP contribution in [0.1, 0.15) is 5.56 Å². The molecule has 0 saturated carbocycles. The molecule has 108 valence electrons. The summed E-state index contributed by atoms with van der Waals surface area (Å²) in [6, 6.07) is 14.7. The van der Waals surface area contributed by atoms with Gasteiger partial charge in [-0.15, -0.1) is 0 Å². The molecule has 0 aromatic heterocycles. The summed E-state index contributed by atoms with van der Waals surface area (Å²) in [6.07, 6.45) is 1.47. The number of phenols is 1. The van der Waals surface area contributed by atoms with Gasteiger partial charge in [0.05, 0.1) is 13.3 Å². The predicted molar refractivity (Wildman–Crippen MR) is 88.1 cm³/mol. The summed E-state index contributed by atoms with van der Waals surface area (Å²) in [6.45, 7) is 0. The van der Waals surface area contributed by atoms with Crippen LogP contribution in [0.25, 0.3) is 0 Å². The van der Waals surface area contributed by atoms with Gasteiger partial charge in [0.2, 0.25) is 0 Å². The van der Waals surface area contributed by atoms with Crippen molar-refractivity contribution in [1.29, 1.82) is 0 Å². The van der Waals surface area contributed by atoms with Gasteiger partial charge in [-0.3, -0.25) is 5.43 Å². The summed E-state index contributed by atoms with van der Waals surface area (Å²) in [5.74, 6) is 0.427. The van der Waals surface area contributed by atoms with Gasteiger partial charge in [-0.05, 0) is 36.5 Å². The van der Waals surface area contributed by atoms with Crippen LogP contribution in [0.4, 0.5) is 5.69 Å². The molecule has 0 bridgehead atoms. The zero-order valence-corrected chi connectivity index (χ0v) is 12.2. The number of rotatable bonds is 4. The molecule has 2 aromatic carbocycles. The average molecular weight is 301 g/mol. The second kappa shape index (κ2) is 7.25. The van der Waals surface area contributed by atoms with Crippen LogP contribution in [-0.2, 0) is 0 Å². The summed E-state index contributed by atoms with van der Waals surface area (Å²) in [7, 11) is 1.49. The van der Waals surface area contributed by atoms with Crippen molar-refractivity contribution in [2.45, 2.75) is 0 Å². The molecule has 0 saturated heterocycles. The average Bonchev–Trinajstić information content (AvgIpc) is 2.50. The van der Waals surface area contributed by atoms with E-state index in [0.717, 1.165) is 5.69 Å². The van der Waals surface area contributed by atoms with Crippen molar-refractivity contribution in [1.82, 2.24) is 5.43 Å². The number of phenolic OH excluding ortho intramolecular Hbond substituents is 1.